The van der Waals surface area contributed by atoms with Gasteiger partial charge >= 0.3 is 0 Å². The van der Waals surface area contributed by atoms with Gasteiger partial charge in [0.1, 0.15) is 5.75 Å². The Morgan fingerprint density at radius 1 is 1.21 bits per heavy atom. The average molecular weight is 265 g/mol. The number of benzene rings is 1. The summed E-state index contributed by atoms with van der Waals surface area (Å²) < 4.78 is 5.79. The molecule has 1 aromatic rings. The molecule has 1 unspecified atom stereocenters. The van der Waals surface area contributed by atoms with Crippen molar-refractivity contribution in [3.63, 3.8) is 0 Å². The van der Waals surface area contributed by atoms with Crippen LogP contribution in [0.15, 0.2) is 18.2 Å². The van der Waals surface area contributed by atoms with Crippen molar-refractivity contribution in [3.05, 3.63) is 29.3 Å². The molecule has 1 atom stereocenters. The quantitative estimate of drug-likeness (QED) is 0.710. The van der Waals surface area contributed by atoms with Gasteiger partial charge in [-0.3, -0.25) is 0 Å². The maximum absolute atomic E-state index is 9.46. The number of nitrogens with one attached hydrogen (secondary N) is 1. The highest BCUT2D eigenvalue weighted by Gasteiger charge is 2.24. The number of ether oxygens (including phenoxy) is 1. The summed E-state index contributed by atoms with van der Waals surface area (Å²) in [4.78, 5) is 0. The number of aliphatic hydroxyl groups is 1. The van der Waals surface area contributed by atoms with Gasteiger partial charge in [0.25, 0.3) is 0 Å². The van der Waals surface area contributed by atoms with Gasteiger partial charge in [0, 0.05) is 5.54 Å². The third-order valence-electron chi connectivity index (χ3n) is 3.77. The minimum Gasteiger partial charge on any atom is -0.494 e. The van der Waals surface area contributed by atoms with Crippen LogP contribution in [0.25, 0.3) is 0 Å². The first-order chi connectivity index (χ1) is 9.05. The Labute approximate surface area is 117 Å². The highest BCUT2D eigenvalue weighted by atomic mass is 16.5. The molecule has 0 aliphatic rings. The first-order valence-corrected chi connectivity index (χ1v) is 7.06. The zero-order valence-electron chi connectivity index (χ0n) is 12.6. The fourth-order valence-corrected chi connectivity index (χ4v) is 2.37. The zero-order valence-corrected chi connectivity index (χ0v) is 12.6. The molecule has 1 rings (SSSR count). The molecule has 0 aliphatic carbocycles. The second-order valence-corrected chi connectivity index (χ2v) is 5.32. The topological polar surface area (TPSA) is 41.5 Å². The maximum Gasteiger partial charge on any atom is 0.119 e. The molecule has 0 aliphatic heterocycles. The normalized spacial score (nSPS) is 14.2. The van der Waals surface area contributed by atoms with Crippen LogP contribution < -0.4 is 10.1 Å². The van der Waals surface area contributed by atoms with Crippen molar-refractivity contribution in [1.82, 2.24) is 5.32 Å². The Morgan fingerprint density at radius 3 is 2.32 bits per heavy atom. The summed E-state index contributed by atoms with van der Waals surface area (Å²) in [6.07, 6.45) is 2.77. The van der Waals surface area contributed by atoms with E-state index in [1.807, 2.05) is 7.05 Å². The maximum atomic E-state index is 9.46. The lowest BCUT2D eigenvalue weighted by Crippen LogP contribution is -2.46. The molecule has 19 heavy (non-hydrogen) atoms. The highest BCUT2D eigenvalue weighted by Crippen LogP contribution is 2.19. The largest absolute Gasteiger partial charge is 0.494 e. The molecule has 3 heteroatoms. The minimum atomic E-state index is -0.161. The summed E-state index contributed by atoms with van der Waals surface area (Å²) in [7, 11) is 1.91. The fourth-order valence-electron chi connectivity index (χ4n) is 2.37. The SMILES string of the molecule is CCC(CO)(CCCOc1cc(C)cc(C)c1)NC. The average Bonchev–Trinajstić information content (AvgIpc) is 2.39. The summed E-state index contributed by atoms with van der Waals surface area (Å²) in [5.41, 5.74) is 2.29. The van der Waals surface area contributed by atoms with Crippen molar-refractivity contribution in [2.24, 2.45) is 0 Å². The van der Waals surface area contributed by atoms with Crippen LogP contribution in [0.4, 0.5) is 0 Å². The standard InChI is InChI=1S/C16H27NO2/c1-5-16(12-18,17-4)7-6-8-19-15-10-13(2)9-14(3)11-15/h9-11,17-18H,5-8,12H2,1-4H3. The first-order valence-electron chi connectivity index (χ1n) is 7.06. The van der Waals surface area contributed by atoms with E-state index in [4.69, 9.17) is 4.74 Å². The van der Waals surface area contributed by atoms with E-state index in [1.54, 1.807) is 0 Å². The minimum absolute atomic E-state index is 0.161. The number of aryl methyl sites for hydroxylation is 2. The first kappa shape index (κ1) is 16.0. The van der Waals surface area contributed by atoms with E-state index < -0.39 is 0 Å². The fraction of sp³-hybridized carbons (Fsp3) is 0.625. The van der Waals surface area contributed by atoms with Gasteiger partial charge in [-0.15, -0.1) is 0 Å². The Kier molecular flexibility index (Phi) is 6.32. The van der Waals surface area contributed by atoms with Crippen LogP contribution >= 0.6 is 0 Å². The molecular weight excluding hydrogens is 238 g/mol. The van der Waals surface area contributed by atoms with E-state index in [0.717, 1.165) is 25.0 Å². The van der Waals surface area contributed by atoms with Crippen molar-refractivity contribution in [2.45, 2.75) is 45.6 Å². The van der Waals surface area contributed by atoms with Gasteiger partial charge in [-0.2, -0.15) is 0 Å². The van der Waals surface area contributed by atoms with Crippen LogP contribution in [0.5, 0.6) is 5.75 Å². The molecule has 0 fully saturated rings. The Morgan fingerprint density at radius 2 is 1.84 bits per heavy atom. The monoisotopic (exact) mass is 265 g/mol. The van der Waals surface area contributed by atoms with Crippen molar-refractivity contribution >= 4 is 0 Å². The summed E-state index contributed by atoms with van der Waals surface area (Å²) in [6.45, 7) is 7.11. The van der Waals surface area contributed by atoms with Crippen LogP contribution in [-0.4, -0.2) is 30.9 Å². The van der Waals surface area contributed by atoms with Gasteiger partial charge in [0.2, 0.25) is 0 Å². The predicted molar refractivity (Wildman–Crippen MR) is 79.8 cm³/mol. The third kappa shape index (κ3) is 4.84. The second kappa shape index (κ2) is 7.51. The number of hydrogen-bond acceptors (Lipinski definition) is 3. The molecular formula is C16H27NO2. The summed E-state index contributed by atoms with van der Waals surface area (Å²) in [5.74, 6) is 0.938. The lowest BCUT2D eigenvalue weighted by molar-refractivity contribution is 0.145. The van der Waals surface area contributed by atoms with Gasteiger partial charge in [-0.25, -0.2) is 0 Å². The number of likely N-dealkylation sites (N-methyl/N-ethyl adjacent to an activating group) is 1. The van der Waals surface area contributed by atoms with Crippen molar-refractivity contribution < 1.29 is 9.84 Å². The van der Waals surface area contributed by atoms with Crippen LogP contribution in [0.1, 0.15) is 37.3 Å². The van der Waals surface area contributed by atoms with Crippen LogP contribution in [0, 0.1) is 13.8 Å². The molecule has 0 saturated carbocycles. The van der Waals surface area contributed by atoms with Gasteiger partial charge in [-0.1, -0.05) is 13.0 Å². The zero-order chi connectivity index (χ0) is 14.3. The smallest absolute Gasteiger partial charge is 0.119 e. The number of aliphatic hydroxyl groups excluding tert-OH is 1. The van der Waals surface area contributed by atoms with Gasteiger partial charge in [0.05, 0.1) is 13.2 Å². The molecule has 0 bridgehead atoms. The third-order valence-corrected chi connectivity index (χ3v) is 3.77. The Hall–Kier alpha value is -1.06. The van der Waals surface area contributed by atoms with Crippen LogP contribution in [-0.2, 0) is 0 Å². The van der Waals surface area contributed by atoms with Crippen molar-refractivity contribution in [3.8, 4) is 5.75 Å². The second-order valence-electron chi connectivity index (χ2n) is 5.32. The number of hydrogen-bond donors (Lipinski definition) is 2. The summed E-state index contributed by atoms with van der Waals surface area (Å²) in [6, 6.07) is 6.26. The Balaban J connectivity index is 2.42. The number of rotatable bonds is 8. The van der Waals surface area contributed by atoms with Gasteiger partial charge in [-0.05, 0) is 63.4 Å². The molecule has 108 valence electrons. The molecule has 0 saturated heterocycles. The van der Waals surface area contributed by atoms with Crippen LogP contribution in [0.2, 0.25) is 0 Å². The summed E-state index contributed by atoms with van der Waals surface area (Å²) >= 11 is 0. The Bertz CT molecular complexity index is 358. The van der Waals surface area contributed by atoms with Crippen molar-refractivity contribution in [2.75, 3.05) is 20.3 Å². The molecule has 0 aromatic heterocycles. The van der Waals surface area contributed by atoms with Crippen LogP contribution in [0.3, 0.4) is 0 Å². The van der Waals surface area contributed by atoms with E-state index >= 15 is 0 Å². The predicted octanol–water partition coefficient (Wildman–Crippen LogP) is 2.82. The lowest BCUT2D eigenvalue weighted by atomic mass is 9.92. The molecule has 0 amide bonds. The molecule has 3 nitrogen and oxygen atoms in total. The van der Waals surface area contributed by atoms with Crippen molar-refractivity contribution in [1.29, 1.82) is 0 Å². The van der Waals surface area contributed by atoms with E-state index in [0.29, 0.717) is 6.61 Å². The van der Waals surface area contributed by atoms with E-state index in [2.05, 4.69) is 44.3 Å². The lowest BCUT2D eigenvalue weighted by Gasteiger charge is -2.30. The molecule has 0 spiro atoms. The highest BCUT2D eigenvalue weighted by molar-refractivity contribution is 5.32. The van der Waals surface area contributed by atoms with Gasteiger partial charge < -0.3 is 15.2 Å². The van der Waals surface area contributed by atoms with E-state index in [-0.39, 0.29) is 12.1 Å². The van der Waals surface area contributed by atoms with E-state index in [1.165, 1.54) is 11.1 Å². The van der Waals surface area contributed by atoms with Gasteiger partial charge in [0.15, 0.2) is 0 Å². The molecule has 0 radical (unpaired) electrons. The molecule has 0 heterocycles. The molecule has 2 N–H and O–H groups in total. The molecule has 1 aromatic carbocycles. The van der Waals surface area contributed by atoms with E-state index in [9.17, 15) is 5.11 Å². The summed E-state index contributed by atoms with van der Waals surface area (Å²) in [5, 5.41) is 12.7.